The first-order valence-electron chi connectivity index (χ1n) is 7.96. The smallest absolute Gasteiger partial charge is 0.288 e. The second kappa shape index (κ2) is 8.34. The molecule has 2 rings (SSSR count). The Kier molecular flexibility index (Phi) is 6.42. The van der Waals surface area contributed by atoms with Crippen molar-refractivity contribution in [1.82, 2.24) is 0 Å². The zero-order chi connectivity index (χ0) is 18.6. The van der Waals surface area contributed by atoms with Crippen molar-refractivity contribution >= 4 is 29.0 Å². The number of carbonyl (C=O) groups excluding carboxylic acids is 1. The van der Waals surface area contributed by atoms with Gasteiger partial charge in [-0.2, -0.15) is 8.78 Å². The zero-order valence-electron chi connectivity index (χ0n) is 14.7. The highest BCUT2D eigenvalue weighted by atomic mass is 32.2. The van der Waals surface area contributed by atoms with E-state index in [1.54, 1.807) is 31.2 Å². The number of amides is 1. The summed E-state index contributed by atoms with van der Waals surface area (Å²) in [5.74, 6) is -2.59. The number of rotatable bonds is 6. The van der Waals surface area contributed by atoms with Gasteiger partial charge in [-0.1, -0.05) is 29.5 Å². The van der Waals surface area contributed by atoms with Gasteiger partial charge in [0.05, 0.1) is 0 Å². The molecule has 2 N–H and O–H groups in total. The standard InChI is InChI=1S/C19H22F2N2OS/c1-11-9-12(2)17(13(3)10-11)23-18(24)14(4)22-15-5-7-16(8-6-15)25-19(20)21/h5-10,14,19,22H,1-4H3,(H,23,24)/t14-/m1/s1. The van der Waals surface area contributed by atoms with Gasteiger partial charge in [0, 0.05) is 16.3 Å². The zero-order valence-corrected chi connectivity index (χ0v) is 15.5. The summed E-state index contributed by atoms with van der Waals surface area (Å²) in [4.78, 5) is 12.9. The quantitative estimate of drug-likeness (QED) is 0.678. The Morgan fingerprint density at radius 3 is 2.12 bits per heavy atom. The summed E-state index contributed by atoms with van der Waals surface area (Å²) in [5, 5.41) is 6.04. The predicted molar refractivity (Wildman–Crippen MR) is 101 cm³/mol. The van der Waals surface area contributed by atoms with Crippen molar-refractivity contribution in [3.63, 3.8) is 0 Å². The minimum absolute atomic E-state index is 0.152. The number of hydrogen-bond donors (Lipinski definition) is 2. The maximum absolute atomic E-state index is 12.4. The van der Waals surface area contributed by atoms with Crippen molar-refractivity contribution in [3.05, 3.63) is 53.1 Å². The third-order valence-corrected chi connectivity index (χ3v) is 4.50. The lowest BCUT2D eigenvalue weighted by Gasteiger charge is -2.18. The molecule has 3 nitrogen and oxygen atoms in total. The molecule has 2 aromatic carbocycles. The van der Waals surface area contributed by atoms with Gasteiger partial charge in [0.15, 0.2) is 0 Å². The van der Waals surface area contributed by atoms with Crippen LogP contribution in [0.25, 0.3) is 0 Å². The number of carbonyl (C=O) groups is 1. The van der Waals surface area contributed by atoms with E-state index in [9.17, 15) is 13.6 Å². The van der Waals surface area contributed by atoms with Gasteiger partial charge in [-0.3, -0.25) is 4.79 Å². The van der Waals surface area contributed by atoms with Crippen molar-refractivity contribution in [1.29, 1.82) is 0 Å². The van der Waals surface area contributed by atoms with E-state index in [1.807, 2.05) is 32.9 Å². The van der Waals surface area contributed by atoms with E-state index in [0.717, 1.165) is 22.4 Å². The first-order chi connectivity index (χ1) is 11.8. The average molecular weight is 364 g/mol. The number of halogens is 2. The number of nitrogens with one attached hydrogen (secondary N) is 2. The van der Waals surface area contributed by atoms with E-state index in [2.05, 4.69) is 10.6 Å². The molecule has 0 unspecified atom stereocenters. The maximum Gasteiger partial charge on any atom is 0.288 e. The van der Waals surface area contributed by atoms with E-state index < -0.39 is 11.8 Å². The normalized spacial score (nSPS) is 12.1. The van der Waals surface area contributed by atoms with Gasteiger partial charge in [0.25, 0.3) is 5.76 Å². The molecule has 0 aliphatic rings. The van der Waals surface area contributed by atoms with E-state index in [0.29, 0.717) is 22.3 Å². The van der Waals surface area contributed by atoms with Crippen molar-refractivity contribution in [2.24, 2.45) is 0 Å². The maximum atomic E-state index is 12.4. The monoisotopic (exact) mass is 364 g/mol. The molecule has 1 amide bonds. The number of benzene rings is 2. The van der Waals surface area contributed by atoms with Crippen molar-refractivity contribution in [2.45, 2.75) is 44.4 Å². The van der Waals surface area contributed by atoms with Crippen molar-refractivity contribution in [3.8, 4) is 0 Å². The third kappa shape index (κ3) is 5.46. The van der Waals surface area contributed by atoms with E-state index >= 15 is 0 Å². The van der Waals surface area contributed by atoms with E-state index in [4.69, 9.17) is 0 Å². The Labute approximate surface area is 151 Å². The molecule has 0 aliphatic heterocycles. The minimum atomic E-state index is -2.44. The van der Waals surface area contributed by atoms with Gasteiger partial charge in [0.1, 0.15) is 6.04 Å². The molecule has 25 heavy (non-hydrogen) atoms. The molecule has 1 atom stereocenters. The molecule has 0 heterocycles. The molecule has 0 aliphatic carbocycles. The lowest BCUT2D eigenvalue weighted by molar-refractivity contribution is -0.116. The first kappa shape index (κ1) is 19.2. The largest absolute Gasteiger partial charge is 0.374 e. The van der Waals surface area contributed by atoms with Crippen molar-refractivity contribution in [2.75, 3.05) is 10.6 Å². The highest BCUT2D eigenvalue weighted by Crippen LogP contribution is 2.26. The number of aryl methyl sites for hydroxylation is 3. The number of thioether (sulfide) groups is 1. The molecule has 134 valence electrons. The highest BCUT2D eigenvalue weighted by molar-refractivity contribution is 7.99. The number of hydrogen-bond acceptors (Lipinski definition) is 3. The molecular formula is C19H22F2N2OS. The van der Waals surface area contributed by atoms with Crippen LogP contribution in [0.15, 0.2) is 41.3 Å². The van der Waals surface area contributed by atoms with Gasteiger partial charge < -0.3 is 10.6 Å². The third-order valence-electron chi connectivity index (χ3n) is 3.78. The lowest BCUT2D eigenvalue weighted by Crippen LogP contribution is -2.32. The van der Waals surface area contributed by atoms with Gasteiger partial charge in [-0.25, -0.2) is 0 Å². The molecule has 0 fully saturated rings. The molecule has 0 bridgehead atoms. The Bertz CT molecular complexity index is 725. The molecule has 0 saturated carbocycles. The summed E-state index contributed by atoms with van der Waals surface area (Å²) in [6.45, 7) is 7.71. The lowest BCUT2D eigenvalue weighted by atomic mass is 10.0. The van der Waals surface area contributed by atoms with Crippen LogP contribution in [0.1, 0.15) is 23.6 Å². The van der Waals surface area contributed by atoms with Crippen LogP contribution in [0.5, 0.6) is 0 Å². The van der Waals surface area contributed by atoms with E-state index in [-0.39, 0.29) is 5.91 Å². The SMILES string of the molecule is Cc1cc(C)c(NC(=O)[C@@H](C)Nc2ccc(SC(F)F)cc2)c(C)c1. The molecule has 0 aromatic heterocycles. The number of alkyl halides is 2. The topological polar surface area (TPSA) is 41.1 Å². The summed E-state index contributed by atoms with van der Waals surface area (Å²) in [7, 11) is 0. The van der Waals surface area contributed by atoms with Crippen LogP contribution in [-0.2, 0) is 4.79 Å². The molecule has 6 heteroatoms. The molecule has 0 saturated heterocycles. The molecule has 0 spiro atoms. The van der Waals surface area contributed by atoms with Crippen LogP contribution in [0.4, 0.5) is 20.2 Å². The van der Waals surface area contributed by atoms with Gasteiger partial charge in [0.2, 0.25) is 5.91 Å². The van der Waals surface area contributed by atoms with Gasteiger partial charge in [-0.05, 0) is 63.1 Å². The number of anilines is 2. The second-order valence-corrected chi connectivity index (χ2v) is 7.10. The first-order valence-corrected chi connectivity index (χ1v) is 8.84. The van der Waals surface area contributed by atoms with Gasteiger partial charge >= 0.3 is 0 Å². The summed E-state index contributed by atoms with van der Waals surface area (Å²) in [6.07, 6.45) is 0. The van der Waals surface area contributed by atoms with Crippen LogP contribution in [0, 0.1) is 20.8 Å². The van der Waals surface area contributed by atoms with Crippen LogP contribution in [-0.4, -0.2) is 17.7 Å². The Balaban J connectivity index is 2.01. The molecule has 0 radical (unpaired) electrons. The Hall–Kier alpha value is -2.08. The van der Waals surface area contributed by atoms with E-state index in [1.165, 1.54) is 0 Å². The Morgan fingerprint density at radius 2 is 1.60 bits per heavy atom. The van der Waals surface area contributed by atoms with Crippen LogP contribution < -0.4 is 10.6 Å². The van der Waals surface area contributed by atoms with Crippen LogP contribution >= 0.6 is 11.8 Å². The highest BCUT2D eigenvalue weighted by Gasteiger charge is 2.15. The van der Waals surface area contributed by atoms with Crippen molar-refractivity contribution < 1.29 is 13.6 Å². The van der Waals surface area contributed by atoms with Crippen LogP contribution in [0.3, 0.4) is 0 Å². The fourth-order valence-electron chi connectivity index (χ4n) is 2.66. The predicted octanol–water partition coefficient (Wildman–Crippen LogP) is 5.37. The average Bonchev–Trinajstić information content (AvgIpc) is 2.52. The van der Waals surface area contributed by atoms with Gasteiger partial charge in [-0.15, -0.1) is 0 Å². The van der Waals surface area contributed by atoms with Crippen LogP contribution in [0.2, 0.25) is 0 Å². The fourth-order valence-corrected chi connectivity index (χ4v) is 3.16. The summed E-state index contributed by atoms with van der Waals surface area (Å²) in [5.41, 5.74) is 4.73. The summed E-state index contributed by atoms with van der Waals surface area (Å²) >= 11 is 0.498. The summed E-state index contributed by atoms with van der Waals surface area (Å²) in [6, 6.07) is 10.2. The Morgan fingerprint density at radius 1 is 1.04 bits per heavy atom. The summed E-state index contributed by atoms with van der Waals surface area (Å²) < 4.78 is 24.7. The fraction of sp³-hybridized carbons (Fsp3) is 0.316. The second-order valence-electron chi connectivity index (χ2n) is 6.03. The minimum Gasteiger partial charge on any atom is -0.374 e. The molecular weight excluding hydrogens is 342 g/mol. The molecule has 2 aromatic rings.